The second kappa shape index (κ2) is 9.12. The fourth-order valence-electron chi connectivity index (χ4n) is 5.42. The average molecular weight is 437 g/mol. The summed E-state index contributed by atoms with van der Waals surface area (Å²) in [5, 5.41) is 14.8. The normalized spacial score (nSPS) is 22.7. The summed E-state index contributed by atoms with van der Waals surface area (Å²) in [5.74, 6) is 1.37. The van der Waals surface area contributed by atoms with Crippen molar-refractivity contribution in [3.8, 4) is 11.5 Å². The smallest absolute Gasteiger partial charge is 0.257 e. The molecule has 2 aromatic rings. The van der Waals surface area contributed by atoms with E-state index in [0.29, 0.717) is 12.4 Å². The van der Waals surface area contributed by atoms with Gasteiger partial charge in [-0.15, -0.1) is 0 Å². The molecule has 2 heterocycles. The summed E-state index contributed by atoms with van der Waals surface area (Å²) in [7, 11) is 0. The van der Waals surface area contributed by atoms with Gasteiger partial charge in [0.05, 0.1) is 0 Å². The van der Waals surface area contributed by atoms with Gasteiger partial charge in [0.25, 0.3) is 5.91 Å². The quantitative estimate of drug-likeness (QED) is 0.697. The van der Waals surface area contributed by atoms with E-state index >= 15 is 0 Å². The number of hydrogen-bond acceptors (Lipinski definition) is 5. The summed E-state index contributed by atoms with van der Waals surface area (Å²) in [4.78, 5) is 15.8. The predicted octanol–water partition coefficient (Wildman–Crippen LogP) is 3.23. The van der Waals surface area contributed by atoms with Crippen LogP contribution in [0.4, 0.5) is 0 Å². The predicted molar refractivity (Wildman–Crippen MR) is 122 cm³/mol. The van der Waals surface area contributed by atoms with Gasteiger partial charge in [-0.3, -0.25) is 4.79 Å². The molecular weight excluding hydrogens is 404 g/mol. The molecule has 2 atom stereocenters. The van der Waals surface area contributed by atoms with Crippen LogP contribution in [0.15, 0.2) is 48.5 Å². The molecule has 0 spiro atoms. The summed E-state index contributed by atoms with van der Waals surface area (Å²) >= 11 is 0. The molecule has 2 aromatic carbocycles. The Labute approximate surface area is 189 Å². The summed E-state index contributed by atoms with van der Waals surface area (Å²) in [6.07, 6.45) is 5.76. The summed E-state index contributed by atoms with van der Waals surface area (Å²) in [5.41, 5.74) is 0.487. The average Bonchev–Trinajstić information content (AvgIpc) is 3.59. The highest BCUT2D eigenvalue weighted by atomic mass is 16.7. The van der Waals surface area contributed by atoms with Crippen molar-refractivity contribution in [3.63, 3.8) is 0 Å². The molecule has 2 N–H and O–H groups in total. The van der Waals surface area contributed by atoms with Crippen LogP contribution in [0.1, 0.15) is 43.2 Å². The maximum Gasteiger partial charge on any atom is 0.257 e. The van der Waals surface area contributed by atoms with E-state index in [2.05, 4.69) is 22.3 Å². The van der Waals surface area contributed by atoms with E-state index < -0.39 is 5.60 Å². The Morgan fingerprint density at radius 3 is 2.66 bits per heavy atom. The molecule has 1 saturated carbocycles. The first kappa shape index (κ1) is 21.3. The van der Waals surface area contributed by atoms with Crippen molar-refractivity contribution in [1.29, 1.82) is 0 Å². The van der Waals surface area contributed by atoms with Gasteiger partial charge in [0.1, 0.15) is 0 Å². The molecule has 170 valence electrons. The molecule has 6 heteroatoms. The third kappa shape index (κ3) is 4.21. The van der Waals surface area contributed by atoms with E-state index in [9.17, 15) is 9.90 Å². The van der Waals surface area contributed by atoms with Gasteiger partial charge < -0.3 is 24.8 Å². The highest BCUT2D eigenvalue weighted by Crippen LogP contribution is 2.41. The molecule has 3 aliphatic rings. The van der Waals surface area contributed by atoms with Gasteiger partial charge >= 0.3 is 0 Å². The number of aliphatic hydroxyl groups is 1. The van der Waals surface area contributed by atoms with Crippen LogP contribution in [-0.2, 0) is 16.8 Å². The number of amides is 1. The standard InChI is InChI=1S/C26H32N2O4/c29-25(26(30,21-8-4-5-9-21)20-6-2-1-3-7-20)27-22-13-15-28(17-22)14-12-19-10-11-23-24(16-19)32-18-31-23/h1-3,6-7,10-11,16,21-22,30H,4-5,8-9,12-15,17-18H2,(H,27,29). The van der Waals surface area contributed by atoms with Crippen LogP contribution in [0.25, 0.3) is 0 Å². The molecule has 0 bridgehead atoms. The first-order valence-corrected chi connectivity index (χ1v) is 11.8. The molecular formula is C26H32N2O4. The molecule has 1 amide bonds. The molecule has 0 radical (unpaired) electrons. The van der Waals surface area contributed by atoms with Crippen molar-refractivity contribution in [1.82, 2.24) is 10.2 Å². The fraction of sp³-hybridized carbons (Fsp3) is 0.500. The SMILES string of the molecule is O=C(NC1CCN(CCc2ccc3c(c2)OCO3)C1)C(O)(c1ccccc1)C1CCCC1. The second-order valence-corrected chi connectivity index (χ2v) is 9.31. The zero-order valence-corrected chi connectivity index (χ0v) is 18.5. The van der Waals surface area contributed by atoms with Gasteiger partial charge in [0.2, 0.25) is 6.79 Å². The first-order chi connectivity index (χ1) is 15.6. The number of hydrogen-bond donors (Lipinski definition) is 2. The van der Waals surface area contributed by atoms with E-state index in [-0.39, 0.29) is 17.9 Å². The van der Waals surface area contributed by atoms with Gasteiger partial charge in [0, 0.05) is 31.6 Å². The number of fused-ring (bicyclic) bond motifs is 1. The number of nitrogens with zero attached hydrogens (tertiary/aromatic N) is 1. The van der Waals surface area contributed by atoms with Crippen LogP contribution in [-0.4, -0.2) is 48.4 Å². The van der Waals surface area contributed by atoms with Crippen molar-refractivity contribution in [2.75, 3.05) is 26.4 Å². The molecule has 2 aliphatic heterocycles. The van der Waals surface area contributed by atoms with E-state index in [1.54, 1.807) is 0 Å². The topological polar surface area (TPSA) is 71.0 Å². The summed E-state index contributed by atoms with van der Waals surface area (Å²) in [6.45, 7) is 2.98. The zero-order chi connectivity index (χ0) is 22.0. The Kier molecular flexibility index (Phi) is 6.07. The number of carbonyl (C=O) groups excluding carboxylic acids is 1. The molecule has 0 aromatic heterocycles. The van der Waals surface area contributed by atoms with Crippen LogP contribution in [0, 0.1) is 5.92 Å². The third-order valence-corrected chi connectivity index (χ3v) is 7.27. The lowest BCUT2D eigenvalue weighted by Gasteiger charge is -2.34. The van der Waals surface area contributed by atoms with Crippen LogP contribution in [0.5, 0.6) is 11.5 Å². The highest BCUT2D eigenvalue weighted by Gasteiger charge is 2.47. The number of rotatable bonds is 7. The van der Waals surface area contributed by atoms with E-state index in [1.165, 1.54) is 5.56 Å². The Bertz CT molecular complexity index is 944. The van der Waals surface area contributed by atoms with Crippen molar-refractivity contribution < 1.29 is 19.4 Å². The zero-order valence-electron chi connectivity index (χ0n) is 18.5. The summed E-state index contributed by atoms with van der Waals surface area (Å²) < 4.78 is 10.9. The minimum Gasteiger partial charge on any atom is -0.454 e. The highest BCUT2D eigenvalue weighted by molar-refractivity contribution is 5.87. The minimum absolute atomic E-state index is 0.0200. The lowest BCUT2D eigenvalue weighted by molar-refractivity contribution is -0.148. The van der Waals surface area contributed by atoms with Gasteiger partial charge in [-0.1, -0.05) is 49.2 Å². The van der Waals surface area contributed by atoms with Crippen molar-refractivity contribution >= 4 is 5.91 Å². The number of likely N-dealkylation sites (tertiary alicyclic amines) is 1. The fourth-order valence-corrected chi connectivity index (χ4v) is 5.42. The Balaban J connectivity index is 1.19. The van der Waals surface area contributed by atoms with Gasteiger partial charge in [-0.05, 0) is 48.9 Å². The lowest BCUT2D eigenvalue weighted by Crippen LogP contribution is -2.52. The number of ether oxygens (including phenoxy) is 2. The first-order valence-electron chi connectivity index (χ1n) is 11.8. The van der Waals surface area contributed by atoms with Crippen LogP contribution < -0.4 is 14.8 Å². The Hall–Kier alpha value is -2.57. The van der Waals surface area contributed by atoms with E-state index in [1.807, 2.05) is 36.4 Å². The number of nitrogens with one attached hydrogen (secondary N) is 1. The number of benzene rings is 2. The van der Waals surface area contributed by atoms with Crippen molar-refractivity contribution in [2.45, 2.75) is 50.2 Å². The molecule has 2 unspecified atom stereocenters. The second-order valence-electron chi connectivity index (χ2n) is 9.31. The molecule has 1 aliphatic carbocycles. The maximum absolute atomic E-state index is 13.4. The van der Waals surface area contributed by atoms with E-state index in [4.69, 9.17) is 9.47 Å². The third-order valence-electron chi connectivity index (χ3n) is 7.27. The lowest BCUT2D eigenvalue weighted by atomic mass is 9.79. The van der Waals surface area contributed by atoms with Crippen LogP contribution >= 0.6 is 0 Å². The number of carbonyl (C=O) groups is 1. The molecule has 1 saturated heterocycles. The van der Waals surface area contributed by atoms with Gasteiger partial charge in [-0.25, -0.2) is 0 Å². The summed E-state index contributed by atoms with van der Waals surface area (Å²) in [6, 6.07) is 15.7. The van der Waals surface area contributed by atoms with Gasteiger partial charge in [-0.2, -0.15) is 0 Å². The Morgan fingerprint density at radius 1 is 1.06 bits per heavy atom. The largest absolute Gasteiger partial charge is 0.454 e. The van der Waals surface area contributed by atoms with E-state index in [0.717, 1.165) is 69.7 Å². The van der Waals surface area contributed by atoms with Gasteiger partial charge in [0.15, 0.2) is 17.1 Å². The molecule has 6 nitrogen and oxygen atoms in total. The van der Waals surface area contributed by atoms with Crippen molar-refractivity contribution in [3.05, 3.63) is 59.7 Å². The monoisotopic (exact) mass is 436 g/mol. The Morgan fingerprint density at radius 2 is 1.84 bits per heavy atom. The maximum atomic E-state index is 13.4. The molecule has 2 fully saturated rings. The minimum atomic E-state index is -1.45. The van der Waals surface area contributed by atoms with Crippen LogP contribution in [0.2, 0.25) is 0 Å². The molecule has 5 rings (SSSR count). The molecule has 32 heavy (non-hydrogen) atoms. The van der Waals surface area contributed by atoms with Crippen molar-refractivity contribution in [2.24, 2.45) is 5.92 Å². The van der Waals surface area contributed by atoms with Crippen LogP contribution in [0.3, 0.4) is 0 Å².